The van der Waals surface area contributed by atoms with Gasteiger partial charge in [0.15, 0.2) is 0 Å². The van der Waals surface area contributed by atoms with Gasteiger partial charge in [0.1, 0.15) is 0 Å². The highest BCUT2D eigenvalue weighted by Crippen LogP contribution is 2.31. The van der Waals surface area contributed by atoms with Gasteiger partial charge in [-0.2, -0.15) is 11.8 Å². The number of rotatable bonds is 3. The van der Waals surface area contributed by atoms with Crippen LogP contribution >= 0.6 is 11.8 Å². The minimum Gasteiger partial charge on any atom is -0.368 e. The fraction of sp³-hybridized carbons (Fsp3) is 0.312. The second-order valence-corrected chi connectivity index (χ2v) is 6.21. The maximum Gasteiger partial charge on any atom is 0.0622 e. The number of nitrogens with zero attached hydrogens (tertiary/aromatic N) is 2. The lowest BCUT2D eigenvalue weighted by atomic mass is 10.1. The molecule has 1 aromatic carbocycles. The molecule has 0 radical (unpaired) electrons. The van der Waals surface area contributed by atoms with E-state index in [1.165, 1.54) is 22.8 Å². The van der Waals surface area contributed by atoms with Crippen molar-refractivity contribution in [3.63, 3.8) is 0 Å². The third-order valence-electron chi connectivity index (χ3n) is 3.45. The summed E-state index contributed by atoms with van der Waals surface area (Å²) in [6.07, 6.45) is 3.65. The van der Waals surface area contributed by atoms with Crippen molar-refractivity contribution in [2.75, 3.05) is 34.8 Å². The number of thioether (sulfide) groups is 1. The first-order chi connectivity index (χ1) is 9.83. The first-order valence-corrected chi connectivity index (χ1v) is 8.09. The highest BCUT2D eigenvalue weighted by Gasteiger charge is 2.15. The molecule has 1 fully saturated rings. The van der Waals surface area contributed by atoms with Crippen LogP contribution in [0.2, 0.25) is 0 Å². The third-order valence-corrected chi connectivity index (χ3v) is 4.39. The molecule has 0 spiro atoms. The van der Waals surface area contributed by atoms with Crippen molar-refractivity contribution in [3.8, 4) is 0 Å². The first kappa shape index (κ1) is 13.3. The second kappa shape index (κ2) is 6.18. The summed E-state index contributed by atoms with van der Waals surface area (Å²) in [6, 6.07) is 10.6. The Morgan fingerprint density at radius 2 is 2.05 bits per heavy atom. The van der Waals surface area contributed by atoms with Gasteiger partial charge in [0.05, 0.1) is 23.3 Å². The van der Waals surface area contributed by atoms with E-state index >= 15 is 0 Å². The van der Waals surface area contributed by atoms with Crippen LogP contribution in [0.15, 0.2) is 42.7 Å². The molecule has 3 rings (SSSR count). The van der Waals surface area contributed by atoms with Crippen molar-refractivity contribution in [2.45, 2.75) is 6.92 Å². The monoisotopic (exact) mass is 285 g/mol. The van der Waals surface area contributed by atoms with Gasteiger partial charge >= 0.3 is 0 Å². The van der Waals surface area contributed by atoms with Crippen LogP contribution in [0, 0.1) is 6.92 Å². The SMILES string of the molecule is Cc1ccc(Nc2cccnc2)c(N2CCSCC2)c1. The molecule has 0 unspecified atom stereocenters. The second-order valence-electron chi connectivity index (χ2n) is 4.99. The number of anilines is 3. The lowest BCUT2D eigenvalue weighted by molar-refractivity contribution is 0.859. The smallest absolute Gasteiger partial charge is 0.0622 e. The van der Waals surface area contributed by atoms with E-state index in [-0.39, 0.29) is 0 Å². The molecule has 0 atom stereocenters. The van der Waals surface area contributed by atoms with Gasteiger partial charge in [0.2, 0.25) is 0 Å². The van der Waals surface area contributed by atoms with Crippen molar-refractivity contribution in [1.29, 1.82) is 0 Å². The fourth-order valence-corrected chi connectivity index (χ4v) is 3.31. The molecule has 104 valence electrons. The van der Waals surface area contributed by atoms with E-state index in [1.54, 1.807) is 6.20 Å². The molecule has 0 amide bonds. The summed E-state index contributed by atoms with van der Waals surface area (Å²) in [5, 5.41) is 3.49. The van der Waals surface area contributed by atoms with Crippen molar-refractivity contribution >= 4 is 28.8 Å². The molecule has 1 aromatic heterocycles. The van der Waals surface area contributed by atoms with E-state index < -0.39 is 0 Å². The molecule has 1 N–H and O–H groups in total. The van der Waals surface area contributed by atoms with E-state index in [9.17, 15) is 0 Å². The van der Waals surface area contributed by atoms with Gasteiger partial charge in [0, 0.05) is 30.8 Å². The Labute approximate surface area is 124 Å². The normalized spacial score (nSPS) is 15.2. The lowest BCUT2D eigenvalue weighted by Gasteiger charge is -2.30. The number of hydrogen-bond acceptors (Lipinski definition) is 4. The van der Waals surface area contributed by atoms with E-state index in [4.69, 9.17) is 0 Å². The molecule has 0 bridgehead atoms. The van der Waals surface area contributed by atoms with E-state index in [0.717, 1.165) is 24.5 Å². The highest BCUT2D eigenvalue weighted by atomic mass is 32.2. The Morgan fingerprint density at radius 1 is 1.20 bits per heavy atom. The highest BCUT2D eigenvalue weighted by molar-refractivity contribution is 7.99. The quantitative estimate of drug-likeness (QED) is 0.931. The molecule has 1 aliphatic rings. The van der Waals surface area contributed by atoms with Crippen molar-refractivity contribution in [2.24, 2.45) is 0 Å². The van der Waals surface area contributed by atoms with Crippen molar-refractivity contribution < 1.29 is 0 Å². The van der Waals surface area contributed by atoms with Gasteiger partial charge in [-0.15, -0.1) is 0 Å². The Balaban J connectivity index is 1.89. The zero-order valence-corrected chi connectivity index (χ0v) is 12.5. The molecule has 2 heterocycles. The average Bonchev–Trinajstić information content (AvgIpc) is 2.51. The Kier molecular flexibility index (Phi) is 4.11. The molecule has 0 aliphatic carbocycles. The van der Waals surface area contributed by atoms with Gasteiger partial charge in [-0.25, -0.2) is 0 Å². The Morgan fingerprint density at radius 3 is 2.80 bits per heavy atom. The van der Waals surface area contributed by atoms with Crippen LogP contribution in [0.1, 0.15) is 5.56 Å². The summed E-state index contributed by atoms with van der Waals surface area (Å²) >= 11 is 2.04. The zero-order chi connectivity index (χ0) is 13.8. The minimum atomic E-state index is 1.03. The molecule has 1 saturated heterocycles. The number of benzene rings is 1. The Bertz CT molecular complexity index is 565. The van der Waals surface area contributed by atoms with Crippen molar-refractivity contribution in [1.82, 2.24) is 4.98 Å². The summed E-state index contributed by atoms with van der Waals surface area (Å²) in [5.74, 6) is 2.42. The van der Waals surface area contributed by atoms with Gasteiger partial charge in [-0.1, -0.05) is 6.07 Å². The number of aryl methyl sites for hydroxylation is 1. The molecule has 0 saturated carbocycles. The summed E-state index contributed by atoms with van der Waals surface area (Å²) in [4.78, 5) is 6.64. The molecule has 20 heavy (non-hydrogen) atoms. The Hall–Kier alpha value is -1.68. The fourth-order valence-electron chi connectivity index (χ4n) is 2.41. The number of hydrogen-bond donors (Lipinski definition) is 1. The third kappa shape index (κ3) is 3.07. The maximum absolute atomic E-state index is 4.16. The zero-order valence-electron chi connectivity index (χ0n) is 11.7. The van der Waals surface area contributed by atoms with Crippen LogP contribution in [0.25, 0.3) is 0 Å². The van der Waals surface area contributed by atoms with Crippen LogP contribution in [0.4, 0.5) is 17.1 Å². The minimum absolute atomic E-state index is 1.03. The van der Waals surface area contributed by atoms with Crippen LogP contribution in [-0.4, -0.2) is 29.6 Å². The summed E-state index contributed by atoms with van der Waals surface area (Å²) in [7, 11) is 0. The van der Waals surface area contributed by atoms with Crippen LogP contribution in [0.5, 0.6) is 0 Å². The van der Waals surface area contributed by atoms with E-state index in [0.29, 0.717) is 0 Å². The molecule has 2 aromatic rings. The standard InChI is InChI=1S/C16H19N3S/c1-13-4-5-15(18-14-3-2-6-17-12-14)16(11-13)19-7-9-20-10-8-19/h2-6,11-12,18H,7-10H2,1H3. The predicted octanol–water partition coefficient (Wildman–Crippen LogP) is 3.69. The van der Waals surface area contributed by atoms with Gasteiger partial charge < -0.3 is 10.2 Å². The predicted molar refractivity (Wildman–Crippen MR) is 88.2 cm³/mol. The summed E-state index contributed by atoms with van der Waals surface area (Å²) < 4.78 is 0. The van der Waals surface area contributed by atoms with Crippen LogP contribution < -0.4 is 10.2 Å². The number of pyridine rings is 1. The first-order valence-electron chi connectivity index (χ1n) is 6.93. The molecule has 3 nitrogen and oxygen atoms in total. The molecular weight excluding hydrogens is 266 g/mol. The largest absolute Gasteiger partial charge is 0.368 e. The van der Waals surface area contributed by atoms with Gasteiger partial charge in [-0.3, -0.25) is 4.98 Å². The van der Waals surface area contributed by atoms with Gasteiger partial charge in [0.25, 0.3) is 0 Å². The van der Waals surface area contributed by atoms with Crippen LogP contribution in [0.3, 0.4) is 0 Å². The topological polar surface area (TPSA) is 28.2 Å². The summed E-state index contributed by atoms with van der Waals surface area (Å²) in [5.41, 5.74) is 4.80. The number of aromatic nitrogens is 1. The lowest BCUT2D eigenvalue weighted by Crippen LogP contribution is -2.32. The summed E-state index contributed by atoms with van der Waals surface area (Å²) in [6.45, 7) is 4.39. The maximum atomic E-state index is 4.16. The molecular formula is C16H19N3S. The number of nitrogens with one attached hydrogen (secondary N) is 1. The van der Waals surface area contributed by atoms with Gasteiger partial charge in [-0.05, 0) is 36.8 Å². The van der Waals surface area contributed by atoms with E-state index in [1.807, 2.05) is 30.1 Å². The average molecular weight is 285 g/mol. The molecule has 4 heteroatoms. The molecule has 1 aliphatic heterocycles. The van der Waals surface area contributed by atoms with Crippen molar-refractivity contribution in [3.05, 3.63) is 48.3 Å². The van der Waals surface area contributed by atoms with Crippen LogP contribution in [-0.2, 0) is 0 Å². The van der Waals surface area contributed by atoms with E-state index in [2.05, 4.69) is 40.3 Å².